The Kier molecular flexibility index (Phi) is 4.31. The molecule has 0 amide bonds. The minimum absolute atomic E-state index is 0.191. The molecule has 0 atom stereocenters. The van der Waals surface area contributed by atoms with E-state index in [9.17, 15) is 8.78 Å². The van der Waals surface area contributed by atoms with Crippen molar-refractivity contribution in [2.75, 3.05) is 6.54 Å². The van der Waals surface area contributed by atoms with Crippen molar-refractivity contribution in [3.8, 4) is 11.8 Å². The minimum Gasteiger partial charge on any atom is -0.204 e. The van der Waals surface area contributed by atoms with Crippen LogP contribution >= 0.6 is 0 Å². The van der Waals surface area contributed by atoms with Crippen LogP contribution in [-0.4, -0.2) is 6.54 Å². The highest BCUT2D eigenvalue weighted by molar-refractivity contribution is 5.41. The summed E-state index contributed by atoms with van der Waals surface area (Å²) in [5, 5.41) is 3.30. The second-order valence-corrected chi connectivity index (χ2v) is 3.04. The van der Waals surface area contributed by atoms with Gasteiger partial charge in [0.05, 0.1) is 0 Å². The zero-order chi connectivity index (χ0) is 12.0. The smallest absolute Gasteiger partial charge is 0.162 e. The second-order valence-electron chi connectivity index (χ2n) is 3.04. The molecule has 0 aliphatic heterocycles. The topological polar surface area (TPSA) is 48.8 Å². The Morgan fingerprint density at radius 1 is 1.44 bits per heavy atom. The third kappa shape index (κ3) is 2.97. The molecule has 0 bridgehead atoms. The largest absolute Gasteiger partial charge is 0.204 e. The van der Waals surface area contributed by atoms with Crippen molar-refractivity contribution >= 4 is 0 Å². The zero-order valence-corrected chi connectivity index (χ0v) is 8.67. The van der Waals surface area contributed by atoms with E-state index in [1.807, 2.05) is 0 Å². The van der Waals surface area contributed by atoms with Crippen molar-refractivity contribution in [3.05, 3.63) is 45.3 Å². The summed E-state index contributed by atoms with van der Waals surface area (Å²) >= 11 is 0. The Balaban J connectivity index is 2.81. The molecule has 1 rings (SSSR count). The van der Waals surface area contributed by atoms with E-state index in [4.69, 9.17) is 5.53 Å². The number of halogens is 2. The highest BCUT2D eigenvalue weighted by Gasteiger charge is 2.07. The Morgan fingerprint density at radius 2 is 2.19 bits per heavy atom. The van der Waals surface area contributed by atoms with Gasteiger partial charge in [0.1, 0.15) is 0 Å². The third-order valence-corrected chi connectivity index (χ3v) is 1.96. The lowest BCUT2D eigenvalue weighted by Gasteiger charge is -2.00. The van der Waals surface area contributed by atoms with E-state index < -0.39 is 11.6 Å². The summed E-state index contributed by atoms with van der Waals surface area (Å²) in [6.45, 7) is 1.74. The van der Waals surface area contributed by atoms with Gasteiger partial charge in [-0.3, -0.25) is 0 Å². The Bertz CT molecular complexity index is 494. The lowest BCUT2D eigenvalue weighted by atomic mass is 10.1. The SMILES string of the molecule is Cc1c(C#CCCN=[N+]=[N-])ccc(F)c1F. The average Bonchev–Trinajstić information content (AvgIpc) is 2.28. The van der Waals surface area contributed by atoms with Gasteiger partial charge < -0.3 is 0 Å². The molecule has 82 valence electrons. The second kappa shape index (κ2) is 5.74. The van der Waals surface area contributed by atoms with E-state index in [-0.39, 0.29) is 12.1 Å². The van der Waals surface area contributed by atoms with Crippen LogP contribution in [0, 0.1) is 30.4 Å². The number of rotatable bonds is 2. The van der Waals surface area contributed by atoms with Crippen molar-refractivity contribution in [2.24, 2.45) is 5.11 Å². The molecular formula is C11H9F2N3. The van der Waals surface area contributed by atoms with E-state index in [1.54, 1.807) is 0 Å². The zero-order valence-electron chi connectivity index (χ0n) is 8.67. The number of azide groups is 1. The van der Waals surface area contributed by atoms with Crippen molar-refractivity contribution in [2.45, 2.75) is 13.3 Å². The summed E-state index contributed by atoms with van der Waals surface area (Å²) < 4.78 is 25.9. The molecule has 0 aliphatic rings. The fraction of sp³-hybridized carbons (Fsp3) is 0.273. The lowest BCUT2D eigenvalue weighted by molar-refractivity contribution is 0.502. The maximum Gasteiger partial charge on any atom is 0.162 e. The van der Waals surface area contributed by atoms with Crippen LogP contribution in [0.4, 0.5) is 8.78 Å². The molecule has 3 nitrogen and oxygen atoms in total. The van der Waals surface area contributed by atoms with Crippen molar-refractivity contribution in [3.63, 3.8) is 0 Å². The third-order valence-electron chi connectivity index (χ3n) is 1.96. The van der Waals surface area contributed by atoms with E-state index in [2.05, 4.69) is 21.9 Å². The Labute approximate surface area is 91.7 Å². The van der Waals surface area contributed by atoms with Gasteiger partial charge in [0.2, 0.25) is 0 Å². The molecule has 0 heterocycles. The highest BCUT2D eigenvalue weighted by Crippen LogP contribution is 2.14. The number of benzene rings is 1. The van der Waals surface area contributed by atoms with E-state index in [1.165, 1.54) is 13.0 Å². The fourth-order valence-corrected chi connectivity index (χ4v) is 1.10. The molecule has 0 saturated carbocycles. The molecular weight excluding hydrogens is 212 g/mol. The van der Waals surface area contributed by atoms with Crippen LogP contribution in [0.3, 0.4) is 0 Å². The van der Waals surface area contributed by atoms with E-state index in [0.29, 0.717) is 12.0 Å². The first-order valence-corrected chi connectivity index (χ1v) is 4.61. The summed E-state index contributed by atoms with van der Waals surface area (Å²) in [6, 6.07) is 2.47. The predicted molar refractivity (Wildman–Crippen MR) is 56.6 cm³/mol. The molecule has 0 radical (unpaired) electrons. The molecule has 16 heavy (non-hydrogen) atoms. The van der Waals surface area contributed by atoms with Gasteiger partial charge >= 0.3 is 0 Å². The van der Waals surface area contributed by atoms with E-state index >= 15 is 0 Å². The Morgan fingerprint density at radius 3 is 2.88 bits per heavy atom. The standard InChI is InChI=1S/C11H9F2N3/c1-8-9(4-2-3-7-15-16-14)5-6-10(12)11(8)13/h5-6H,3,7H2,1H3. The Hall–Kier alpha value is -2.05. The van der Waals surface area contributed by atoms with Gasteiger partial charge in [-0.2, -0.15) is 0 Å². The van der Waals surface area contributed by atoms with Crippen LogP contribution in [0.2, 0.25) is 0 Å². The van der Waals surface area contributed by atoms with Crippen molar-refractivity contribution < 1.29 is 8.78 Å². The molecule has 1 aromatic rings. The fourth-order valence-electron chi connectivity index (χ4n) is 1.10. The van der Waals surface area contributed by atoms with Gasteiger partial charge in [0, 0.05) is 29.0 Å². The summed E-state index contributed by atoms with van der Waals surface area (Å²) in [5.41, 5.74) is 8.65. The van der Waals surface area contributed by atoms with Gasteiger partial charge in [0.25, 0.3) is 0 Å². The van der Waals surface area contributed by atoms with Crippen molar-refractivity contribution in [1.29, 1.82) is 0 Å². The summed E-state index contributed by atoms with van der Waals surface area (Å²) in [6.07, 6.45) is 0.391. The summed E-state index contributed by atoms with van der Waals surface area (Å²) in [7, 11) is 0. The highest BCUT2D eigenvalue weighted by atomic mass is 19.2. The molecule has 0 aliphatic carbocycles. The molecule has 0 spiro atoms. The van der Waals surface area contributed by atoms with Crippen LogP contribution < -0.4 is 0 Å². The molecule has 0 saturated heterocycles. The maximum atomic E-state index is 13.1. The molecule has 0 aromatic heterocycles. The number of nitrogens with zero attached hydrogens (tertiary/aromatic N) is 3. The van der Waals surface area contributed by atoms with Gasteiger partial charge in [0.15, 0.2) is 11.6 Å². The van der Waals surface area contributed by atoms with Crippen LogP contribution in [0.15, 0.2) is 17.2 Å². The maximum absolute atomic E-state index is 13.1. The van der Waals surface area contributed by atoms with Gasteiger partial charge in [-0.25, -0.2) is 8.78 Å². The normalized spacial score (nSPS) is 8.94. The average molecular weight is 221 g/mol. The first kappa shape index (κ1) is 12.0. The van der Waals surface area contributed by atoms with Crippen LogP contribution in [0.25, 0.3) is 10.4 Å². The summed E-state index contributed by atoms with van der Waals surface area (Å²) in [5.74, 6) is 3.67. The quantitative estimate of drug-likeness (QED) is 0.242. The lowest BCUT2D eigenvalue weighted by Crippen LogP contribution is -1.92. The van der Waals surface area contributed by atoms with Crippen molar-refractivity contribution in [1.82, 2.24) is 0 Å². The monoisotopic (exact) mass is 221 g/mol. The summed E-state index contributed by atoms with van der Waals surface area (Å²) in [4.78, 5) is 2.57. The van der Waals surface area contributed by atoms with Gasteiger partial charge in [-0.1, -0.05) is 17.0 Å². The van der Waals surface area contributed by atoms with Gasteiger partial charge in [-0.15, -0.1) is 0 Å². The first-order valence-electron chi connectivity index (χ1n) is 4.61. The number of hydrogen-bond acceptors (Lipinski definition) is 1. The molecule has 5 heteroatoms. The van der Waals surface area contributed by atoms with Crippen LogP contribution in [-0.2, 0) is 0 Å². The minimum atomic E-state index is -0.878. The molecule has 0 unspecified atom stereocenters. The number of hydrogen-bond donors (Lipinski definition) is 0. The molecule has 0 N–H and O–H groups in total. The van der Waals surface area contributed by atoms with Crippen LogP contribution in [0.1, 0.15) is 17.5 Å². The van der Waals surface area contributed by atoms with Crippen LogP contribution in [0.5, 0.6) is 0 Å². The van der Waals surface area contributed by atoms with Gasteiger partial charge in [-0.05, 0) is 24.6 Å². The molecule has 0 fully saturated rings. The molecule has 1 aromatic carbocycles. The first-order chi connectivity index (χ1) is 7.66. The van der Waals surface area contributed by atoms with E-state index in [0.717, 1.165) is 6.07 Å². The predicted octanol–water partition coefficient (Wildman–Crippen LogP) is 3.33.